The molecule has 58 heavy (non-hydrogen) atoms. The Balaban J connectivity index is 1.06. The van der Waals surface area contributed by atoms with Gasteiger partial charge >= 0.3 is 0 Å². The molecule has 0 fully saturated rings. The summed E-state index contributed by atoms with van der Waals surface area (Å²) in [6.07, 6.45) is 0. The molecule has 0 N–H and O–H groups in total. The van der Waals surface area contributed by atoms with Gasteiger partial charge in [0.15, 0.2) is 17.5 Å². The van der Waals surface area contributed by atoms with Gasteiger partial charge in [0.25, 0.3) is 0 Å². The highest BCUT2D eigenvalue weighted by Crippen LogP contribution is 2.41. The molecule has 0 radical (unpaired) electrons. The summed E-state index contributed by atoms with van der Waals surface area (Å²) in [6.45, 7) is 0. The van der Waals surface area contributed by atoms with Crippen molar-refractivity contribution < 1.29 is 0 Å². The van der Waals surface area contributed by atoms with Gasteiger partial charge in [-0.2, -0.15) is 0 Å². The third-order valence-electron chi connectivity index (χ3n) is 11.1. The highest BCUT2D eigenvalue weighted by Gasteiger charge is 2.17. The summed E-state index contributed by atoms with van der Waals surface area (Å²) in [6, 6.07) is 72.3. The van der Waals surface area contributed by atoms with Crippen LogP contribution in [0.4, 0.5) is 0 Å². The SMILES string of the molecule is c1ccc(-c2cccc(-c3nc(-c4ccccc4)nc(-c4cccc(-c5cccc(-c6c7ccc8ccccc8c7nc7c6ccc6ccccc67)c5)c4)n3)c2)cc1. The Morgan fingerprint density at radius 1 is 0.224 bits per heavy atom. The minimum atomic E-state index is 0.622. The highest BCUT2D eigenvalue weighted by molar-refractivity contribution is 6.21. The van der Waals surface area contributed by atoms with Gasteiger partial charge < -0.3 is 0 Å². The number of benzene rings is 9. The van der Waals surface area contributed by atoms with Crippen LogP contribution in [0.2, 0.25) is 0 Å². The minimum Gasteiger partial charge on any atom is -0.246 e. The monoisotopic (exact) mass is 738 g/mol. The summed E-state index contributed by atoms with van der Waals surface area (Å²) in [5, 5.41) is 6.93. The van der Waals surface area contributed by atoms with Crippen molar-refractivity contribution in [2.75, 3.05) is 0 Å². The molecule has 4 heteroatoms. The molecule has 0 amide bonds. The lowest BCUT2D eigenvalue weighted by Gasteiger charge is -2.15. The summed E-state index contributed by atoms with van der Waals surface area (Å²) in [5.41, 5.74) is 11.6. The van der Waals surface area contributed by atoms with Gasteiger partial charge in [-0.05, 0) is 56.8 Å². The Morgan fingerprint density at radius 3 is 1.14 bits per heavy atom. The van der Waals surface area contributed by atoms with Gasteiger partial charge in [0, 0.05) is 43.8 Å². The molecule has 2 heterocycles. The Morgan fingerprint density at radius 2 is 0.603 bits per heavy atom. The first-order chi connectivity index (χ1) is 28.7. The maximum atomic E-state index is 5.40. The predicted octanol–water partition coefficient (Wildman–Crippen LogP) is 13.9. The minimum absolute atomic E-state index is 0.622. The second kappa shape index (κ2) is 14.0. The fraction of sp³-hybridized carbons (Fsp3) is 0. The molecule has 0 saturated carbocycles. The van der Waals surface area contributed by atoms with Crippen LogP contribution < -0.4 is 0 Å². The number of fused-ring (bicyclic) bond motifs is 6. The van der Waals surface area contributed by atoms with Crippen molar-refractivity contribution in [3.8, 4) is 67.5 Å². The van der Waals surface area contributed by atoms with Crippen LogP contribution in [0.15, 0.2) is 206 Å². The van der Waals surface area contributed by atoms with Gasteiger partial charge in [-0.1, -0.05) is 188 Å². The molecule has 0 aliphatic carbocycles. The van der Waals surface area contributed by atoms with E-state index in [1.807, 2.05) is 36.4 Å². The van der Waals surface area contributed by atoms with E-state index in [9.17, 15) is 0 Å². The van der Waals surface area contributed by atoms with E-state index in [2.05, 4.69) is 170 Å². The number of hydrogen-bond donors (Lipinski definition) is 0. The lowest BCUT2D eigenvalue weighted by Crippen LogP contribution is -2.00. The lowest BCUT2D eigenvalue weighted by atomic mass is 9.91. The third kappa shape index (κ3) is 5.96. The molecule has 0 atom stereocenters. The molecule has 11 aromatic rings. The summed E-state index contributed by atoms with van der Waals surface area (Å²) in [5.74, 6) is 1.89. The van der Waals surface area contributed by atoms with Gasteiger partial charge in [0.1, 0.15) is 0 Å². The topological polar surface area (TPSA) is 51.6 Å². The van der Waals surface area contributed by atoms with Crippen LogP contribution in [-0.4, -0.2) is 19.9 Å². The quantitative estimate of drug-likeness (QED) is 0.126. The number of pyridine rings is 1. The largest absolute Gasteiger partial charge is 0.246 e. The van der Waals surface area contributed by atoms with Crippen LogP contribution in [-0.2, 0) is 0 Å². The molecule has 0 unspecified atom stereocenters. The second-order valence-electron chi connectivity index (χ2n) is 14.6. The van der Waals surface area contributed by atoms with Crippen molar-refractivity contribution in [2.45, 2.75) is 0 Å². The zero-order chi connectivity index (χ0) is 38.4. The number of aromatic nitrogens is 4. The molecule has 270 valence electrons. The zero-order valence-electron chi connectivity index (χ0n) is 31.4. The van der Waals surface area contributed by atoms with Crippen molar-refractivity contribution in [1.29, 1.82) is 0 Å². The fourth-order valence-electron chi connectivity index (χ4n) is 8.23. The number of hydrogen-bond acceptors (Lipinski definition) is 4. The van der Waals surface area contributed by atoms with Gasteiger partial charge in [0.2, 0.25) is 0 Å². The van der Waals surface area contributed by atoms with Gasteiger partial charge in [-0.3, -0.25) is 0 Å². The van der Waals surface area contributed by atoms with E-state index in [-0.39, 0.29) is 0 Å². The van der Waals surface area contributed by atoms with E-state index >= 15 is 0 Å². The molecule has 0 aliphatic rings. The molecule has 0 aliphatic heterocycles. The van der Waals surface area contributed by atoms with E-state index in [0.29, 0.717) is 17.5 Å². The molecular formula is C54H34N4. The molecule has 2 aromatic heterocycles. The number of nitrogens with zero attached hydrogens (tertiary/aromatic N) is 4. The van der Waals surface area contributed by atoms with Crippen molar-refractivity contribution in [1.82, 2.24) is 19.9 Å². The predicted molar refractivity (Wildman–Crippen MR) is 240 cm³/mol. The van der Waals surface area contributed by atoms with E-state index in [1.54, 1.807) is 0 Å². The van der Waals surface area contributed by atoms with Crippen LogP contribution in [0.5, 0.6) is 0 Å². The van der Waals surface area contributed by atoms with E-state index in [4.69, 9.17) is 19.9 Å². The Labute approximate surface area is 335 Å². The van der Waals surface area contributed by atoms with E-state index in [0.717, 1.165) is 77.1 Å². The zero-order valence-corrected chi connectivity index (χ0v) is 31.4. The summed E-state index contributed by atoms with van der Waals surface area (Å²) in [4.78, 5) is 20.6. The molecule has 0 bridgehead atoms. The standard InChI is InChI=1S/C54H34N4/c1-3-14-35(15-4-1)39-20-12-24-43(33-39)53-56-52(38-18-5-2-6-19-38)57-54(58-53)44-25-13-22-41(34-44)40-21-11-23-42(32-40)49-47-30-28-36-16-7-9-26-45(36)50(47)55-51-46-27-10-8-17-37(46)29-31-48(49)51/h1-34H. The fourth-order valence-corrected chi connectivity index (χ4v) is 8.23. The third-order valence-corrected chi connectivity index (χ3v) is 11.1. The van der Waals surface area contributed by atoms with Crippen molar-refractivity contribution in [3.05, 3.63) is 206 Å². The van der Waals surface area contributed by atoms with Crippen LogP contribution >= 0.6 is 0 Å². The first-order valence-corrected chi connectivity index (χ1v) is 19.6. The van der Waals surface area contributed by atoms with Crippen molar-refractivity contribution >= 4 is 43.4 Å². The molecule has 4 nitrogen and oxygen atoms in total. The van der Waals surface area contributed by atoms with Crippen LogP contribution in [0.1, 0.15) is 0 Å². The first kappa shape index (κ1) is 33.5. The number of rotatable bonds is 6. The molecular weight excluding hydrogens is 705 g/mol. The van der Waals surface area contributed by atoms with Crippen LogP contribution in [0.3, 0.4) is 0 Å². The van der Waals surface area contributed by atoms with Crippen LogP contribution in [0.25, 0.3) is 111 Å². The van der Waals surface area contributed by atoms with Gasteiger partial charge in [0.05, 0.1) is 11.0 Å². The van der Waals surface area contributed by atoms with E-state index < -0.39 is 0 Å². The van der Waals surface area contributed by atoms with Crippen molar-refractivity contribution in [2.24, 2.45) is 0 Å². The average Bonchev–Trinajstić information content (AvgIpc) is 3.31. The van der Waals surface area contributed by atoms with Crippen LogP contribution in [0, 0.1) is 0 Å². The Hall–Kier alpha value is -7.82. The summed E-state index contributed by atoms with van der Waals surface area (Å²) in [7, 11) is 0. The van der Waals surface area contributed by atoms with Gasteiger partial charge in [-0.15, -0.1) is 0 Å². The van der Waals surface area contributed by atoms with E-state index in [1.165, 1.54) is 16.3 Å². The smallest absolute Gasteiger partial charge is 0.164 e. The van der Waals surface area contributed by atoms with Crippen molar-refractivity contribution in [3.63, 3.8) is 0 Å². The second-order valence-corrected chi connectivity index (χ2v) is 14.6. The first-order valence-electron chi connectivity index (χ1n) is 19.6. The maximum absolute atomic E-state index is 5.40. The summed E-state index contributed by atoms with van der Waals surface area (Å²) >= 11 is 0. The normalized spacial score (nSPS) is 11.4. The summed E-state index contributed by atoms with van der Waals surface area (Å²) < 4.78 is 0. The Bertz CT molecular complexity index is 3250. The average molecular weight is 739 g/mol. The molecule has 9 aromatic carbocycles. The van der Waals surface area contributed by atoms with Gasteiger partial charge in [-0.25, -0.2) is 19.9 Å². The maximum Gasteiger partial charge on any atom is 0.164 e. The molecule has 0 spiro atoms. The lowest BCUT2D eigenvalue weighted by molar-refractivity contribution is 1.07. The highest BCUT2D eigenvalue weighted by atomic mass is 15.0. The molecule has 0 saturated heterocycles. The molecule has 11 rings (SSSR count). The Kier molecular flexibility index (Phi) is 8.11.